The van der Waals surface area contributed by atoms with Crippen molar-refractivity contribution in [3.8, 4) is 0 Å². The number of hydrogen-bond acceptors (Lipinski definition) is 4. The summed E-state index contributed by atoms with van der Waals surface area (Å²) in [6, 6.07) is 0. The summed E-state index contributed by atoms with van der Waals surface area (Å²) in [5.74, 6) is 0.354. The van der Waals surface area contributed by atoms with Gasteiger partial charge in [0, 0.05) is 19.6 Å². The van der Waals surface area contributed by atoms with Crippen LogP contribution in [0.5, 0.6) is 0 Å². The van der Waals surface area contributed by atoms with Crippen molar-refractivity contribution in [3.05, 3.63) is 0 Å². The van der Waals surface area contributed by atoms with E-state index in [-0.39, 0.29) is 11.3 Å². The average molecular weight is 271 g/mol. The van der Waals surface area contributed by atoms with Crippen molar-refractivity contribution in [3.63, 3.8) is 0 Å². The van der Waals surface area contributed by atoms with Crippen LogP contribution < -0.4 is 10.6 Å². The molecule has 0 bridgehead atoms. The van der Waals surface area contributed by atoms with Crippen LogP contribution in [0, 0.1) is 11.3 Å². The fourth-order valence-corrected chi connectivity index (χ4v) is 2.84. The van der Waals surface area contributed by atoms with Crippen LogP contribution in [0.15, 0.2) is 0 Å². The lowest BCUT2D eigenvalue weighted by molar-refractivity contribution is -0.133. The van der Waals surface area contributed by atoms with Crippen LogP contribution in [0.2, 0.25) is 0 Å². The van der Waals surface area contributed by atoms with Crippen LogP contribution in [0.3, 0.4) is 0 Å². The Balaban J connectivity index is 2.59. The summed E-state index contributed by atoms with van der Waals surface area (Å²) in [7, 11) is 3.82. The molecule has 0 aromatic rings. The van der Waals surface area contributed by atoms with E-state index >= 15 is 0 Å². The second kappa shape index (κ2) is 6.20. The molecular weight excluding hydrogens is 242 g/mol. The highest BCUT2D eigenvalue weighted by molar-refractivity contribution is 5.83. The van der Waals surface area contributed by atoms with Crippen molar-refractivity contribution < 1.29 is 9.90 Å². The van der Waals surface area contributed by atoms with Gasteiger partial charge in [-0.3, -0.25) is 4.79 Å². The van der Waals surface area contributed by atoms with Gasteiger partial charge in [0.1, 0.15) is 0 Å². The van der Waals surface area contributed by atoms with E-state index in [4.69, 9.17) is 0 Å². The van der Waals surface area contributed by atoms with Gasteiger partial charge < -0.3 is 20.6 Å². The number of rotatable bonds is 6. The minimum absolute atomic E-state index is 0.0616. The van der Waals surface area contributed by atoms with Crippen molar-refractivity contribution in [2.45, 2.75) is 32.8 Å². The molecular formula is C14H29N3O2. The molecule has 19 heavy (non-hydrogen) atoms. The molecule has 1 rings (SSSR count). The Morgan fingerprint density at radius 1 is 1.53 bits per heavy atom. The number of likely N-dealkylation sites (N-methyl/N-ethyl adjacent to an activating group) is 1. The van der Waals surface area contributed by atoms with E-state index in [9.17, 15) is 9.90 Å². The first-order valence-corrected chi connectivity index (χ1v) is 7.06. The largest absolute Gasteiger partial charge is 0.387 e. The van der Waals surface area contributed by atoms with E-state index in [1.54, 1.807) is 6.92 Å². The molecule has 0 aliphatic carbocycles. The topological polar surface area (TPSA) is 64.6 Å². The number of hydrogen-bond donors (Lipinski definition) is 3. The van der Waals surface area contributed by atoms with Gasteiger partial charge in [0.25, 0.3) is 0 Å². The fraction of sp³-hybridized carbons (Fsp3) is 0.929. The molecule has 0 spiro atoms. The number of carbonyl (C=O) groups excluding carboxylic acids is 1. The van der Waals surface area contributed by atoms with Crippen molar-refractivity contribution in [1.29, 1.82) is 0 Å². The van der Waals surface area contributed by atoms with Crippen LogP contribution in [-0.4, -0.2) is 61.8 Å². The Bertz CT molecular complexity index is 308. The lowest BCUT2D eigenvalue weighted by Gasteiger charge is -2.33. The number of nitrogens with zero attached hydrogens (tertiary/aromatic N) is 1. The Morgan fingerprint density at radius 2 is 2.16 bits per heavy atom. The molecule has 112 valence electrons. The van der Waals surface area contributed by atoms with Gasteiger partial charge in [-0.15, -0.1) is 0 Å². The second-order valence-corrected chi connectivity index (χ2v) is 6.66. The first-order valence-electron chi connectivity index (χ1n) is 7.06. The second-order valence-electron chi connectivity index (χ2n) is 6.66. The maximum atomic E-state index is 12.5. The predicted molar refractivity (Wildman–Crippen MR) is 76.9 cm³/mol. The first-order chi connectivity index (χ1) is 8.69. The molecule has 0 saturated carbocycles. The normalized spacial score (nSPS) is 26.7. The SMILES string of the molecule is CC(C)C1(C(=O)NCC(C)(O)CN(C)C)CCNC1. The Kier molecular flexibility index (Phi) is 5.35. The molecule has 5 heteroatoms. The zero-order valence-electron chi connectivity index (χ0n) is 12.9. The van der Waals surface area contributed by atoms with Crippen LogP contribution in [0.4, 0.5) is 0 Å². The molecule has 3 N–H and O–H groups in total. The monoisotopic (exact) mass is 271 g/mol. The number of aliphatic hydroxyl groups is 1. The van der Waals surface area contributed by atoms with Gasteiger partial charge in [-0.2, -0.15) is 0 Å². The van der Waals surface area contributed by atoms with Gasteiger partial charge in [0.2, 0.25) is 5.91 Å². The number of nitrogens with one attached hydrogen (secondary N) is 2. The molecule has 2 atom stereocenters. The van der Waals surface area contributed by atoms with Crippen molar-refractivity contribution >= 4 is 5.91 Å². The summed E-state index contributed by atoms with van der Waals surface area (Å²) < 4.78 is 0. The smallest absolute Gasteiger partial charge is 0.227 e. The molecule has 0 radical (unpaired) electrons. The third-order valence-electron chi connectivity index (χ3n) is 4.03. The highest BCUT2D eigenvalue weighted by Gasteiger charge is 2.44. The molecule has 1 saturated heterocycles. The molecule has 1 heterocycles. The van der Waals surface area contributed by atoms with Gasteiger partial charge in [0.05, 0.1) is 11.0 Å². The summed E-state index contributed by atoms with van der Waals surface area (Å²) in [6.45, 7) is 8.36. The maximum Gasteiger partial charge on any atom is 0.227 e. The van der Waals surface area contributed by atoms with Crippen LogP contribution in [0.1, 0.15) is 27.2 Å². The fourth-order valence-electron chi connectivity index (χ4n) is 2.84. The zero-order chi connectivity index (χ0) is 14.7. The Hall–Kier alpha value is -0.650. The molecule has 0 aromatic carbocycles. The summed E-state index contributed by atoms with van der Waals surface area (Å²) in [5.41, 5.74) is -1.22. The van der Waals surface area contributed by atoms with Crippen LogP contribution in [0.25, 0.3) is 0 Å². The first kappa shape index (κ1) is 16.4. The standard InChI is InChI=1S/C14H29N3O2/c1-11(2)14(6-7-15-9-14)12(18)16-8-13(3,19)10-17(4)5/h11,15,19H,6-10H2,1-5H3,(H,16,18). The van der Waals surface area contributed by atoms with E-state index in [0.29, 0.717) is 19.0 Å². The van der Waals surface area contributed by atoms with Crippen LogP contribution >= 0.6 is 0 Å². The quantitative estimate of drug-likeness (QED) is 0.639. The van der Waals surface area contributed by atoms with Gasteiger partial charge in [0.15, 0.2) is 0 Å². The number of carbonyl (C=O) groups is 1. The van der Waals surface area contributed by atoms with E-state index in [2.05, 4.69) is 24.5 Å². The van der Waals surface area contributed by atoms with Gasteiger partial charge in [-0.25, -0.2) is 0 Å². The minimum atomic E-state index is -0.899. The lowest BCUT2D eigenvalue weighted by Crippen LogP contribution is -2.52. The summed E-state index contributed by atoms with van der Waals surface area (Å²) >= 11 is 0. The molecule has 0 aromatic heterocycles. The average Bonchev–Trinajstić information content (AvgIpc) is 2.74. The van der Waals surface area contributed by atoms with E-state index in [1.807, 2.05) is 19.0 Å². The van der Waals surface area contributed by atoms with Gasteiger partial charge in [-0.05, 0) is 39.9 Å². The van der Waals surface area contributed by atoms with E-state index in [0.717, 1.165) is 19.5 Å². The Labute approximate surface area is 116 Å². The molecule has 1 aliphatic heterocycles. The molecule has 5 nitrogen and oxygen atoms in total. The van der Waals surface area contributed by atoms with Crippen LogP contribution in [-0.2, 0) is 4.79 Å². The Morgan fingerprint density at radius 3 is 2.58 bits per heavy atom. The molecule has 2 unspecified atom stereocenters. The third kappa shape index (κ3) is 4.16. The zero-order valence-corrected chi connectivity index (χ0v) is 12.9. The summed E-state index contributed by atoms with van der Waals surface area (Å²) in [5, 5.41) is 16.4. The highest BCUT2D eigenvalue weighted by atomic mass is 16.3. The van der Waals surface area contributed by atoms with E-state index in [1.165, 1.54) is 0 Å². The minimum Gasteiger partial charge on any atom is -0.387 e. The van der Waals surface area contributed by atoms with Gasteiger partial charge in [-0.1, -0.05) is 13.8 Å². The van der Waals surface area contributed by atoms with E-state index < -0.39 is 5.60 Å². The number of amides is 1. The third-order valence-corrected chi connectivity index (χ3v) is 4.03. The predicted octanol–water partition coefficient (Wildman–Crippen LogP) is 0.0509. The van der Waals surface area contributed by atoms with Crippen molar-refractivity contribution in [2.75, 3.05) is 40.3 Å². The van der Waals surface area contributed by atoms with Crippen molar-refractivity contribution in [1.82, 2.24) is 15.5 Å². The van der Waals surface area contributed by atoms with Gasteiger partial charge >= 0.3 is 0 Å². The highest BCUT2D eigenvalue weighted by Crippen LogP contribution is 2.34. The lowest BCUT2D eigenvalue weighted by atomic mass is 9.75. The summed E-state index contributed by atoms with van der Waals surface area (Å²) in [4.78, 5) is 14.4. The molecule has 1 fully saturated rings. The summed E-state index contributed by atoms with van der Waals surface area (Å²) in [6.07, 6.45) is 0.867. The molecule has 1 amide bonds. The molecule has 1 aliphatic rings. The van der Waals surface area contributed by atoms with Crippen molar-refractivity contribution in [2.24, 2.45) is 11.3 Å². The maximum absolute atomic E-state index is 12.5.